The van der Waals surface area contributed by atoms with Crippen molar-refractivity contribution >= 4 is 17.6 Å². The lowest BCUT2D eigenvalue weighted by atomic mass is 10.1. The Balaban J connectivity index is 1.55. The number of hydrogen-bond donors (Lipinski definition) is 2. The number of nitrogens with one attached hydrogen (secondary N) is 2. The summed E-state index contributed by atoms with van der Waals surface area (Å²) in [7, 11) is 3.35. The highest BCUT2D eigenvalue weighted by molar-refractivity contribution is 6.30. The molecule has 31 heavy (non-hydrogen) atoms. The van der Waals surface area contributed by atoms with Gasteiger partial charge in [0.2, 0.25) is 11.7 Å². The van der Waals surface area contributed by atoms with E-state index in [-0.39, 0.29) is 0 Å². The van der Waals surface area contributed by atoms with Crippen molar-refractivity contribution in [2.24, 2.45) is 4.99 Å². The maximum atomic E-state index is 5.92. The molecular weight excluding hydrogens is 418 g/mol. The van der Waals surface area contributed by atoms with Gasteiger partial charge in [0.25, 0.3) is 0 Å². The highest BCUT2D eigenvalue weighted by Gasteiger charge is 2.10. The summed E-state index contributed by atoms with van der Waals surface area (Å²) in [4.78, 5) is 8.65. The molecule has 3 aromatic rings. The first-order valence-electron chi connectivity index (χ1n) is 9.83. The van der Waals surface area contributed by atoms with Crippen LogP contribution in [0.2, 0.25) is 5.02 Å². The molecule has 0 bridgehead atoms. The van der Waals surface area contributed by atoms with E-state index in [0.29, 0.717) is 49.0 Å². The van der Waals surface area contributed by atoms with Gasteiger partial charge in [-0.2, -0.15) is 4.98 Å². The molecule has 8 nitrogen and oxygen atoms in total. The summed E-state index contributed by atoms with van der Waals surface area (Å²) in [5.41, 5.74) is 2.99. The van der Waals surface area contributed by atoms with Gasteiger partial charge in [0.05, 0.1) is 13.2 Å². The molecule has 2 N–H and O–H groups in total. The zero-order valence-electron chi connectivity index (χ0n) is 17.8. The maximum absolute atomic E-state index is 5.92. The van der Waals surface area contributed by atoms with Crippen LogP contribution in [0.5, 0.6) is 5.75 Å². The van der Waals surface area contributed by atoms with E-state index in [4.69, 9.17) is 25.6 Å². The van der Waals surface area contributed by atoms with E-state index in [2.05, 4.69) is 25.8 Å². The molecule has 0 spiro atoms. The number of aryl methyl sites for hydroxylation is 1. The second kappa shape index (κ2) is 11.3. The molecule has 9 heteroatoms. The minimum Gasteiger partial charge on any atom is -0.491 e. The Labute approximate surface area is 186 Å². The fourth-order valence-corrected chi connectivity index (χ4v) is 2.90. The quantitative estimate of drug-likeness (QED) is 0.296. The minimum absolute atomic E-state index is 0.339. The number of aliphatic imine (C=N–C) groups is 1. The smallest absolute Gasteiger partial charge is 0.246 e. The van der Waals surface area contributed by atoms with Crippen molar-refractivity contribution in [3.8, 4) is 17.1 Å². The van der Waals surface area contributed by atoms with E-state index >= 15 is 0 Å². The van der Waals surface area contributed by atoms with Gasteiger partial charge in [0.1, 0.15) is 12.4 Å². The maximum Gasteiger partial charge on any atom is 0.246 e. The Kier molecular flexibility index (Phi) is 8.26. The average Bonchev–Trinajstić information content (AvgIpc) is 3.24. The molecule has 1 heterocycles. The fraction of sp³-hybridized carbons (Fsp3) is 0.318. The minimum atomic E-state index is 0.339. The zero-order chi connectivity index (χ0) is 22.1. The number of guanidine groups is 1. The van der Waals surface area contributed by atoms with Crippen LogP contribution in [-0.4, -0.2) is 43.5 Å². The van der Waals surface area contributed by atoms with Gasteiger partial charge >= 0.3 is 0 Å². The van der Waals surface area contributed by atoms with Crippen LogP contribution in [-0.2, 0) is 17.8 Å². The molecule has 164 valence electrons. The van der Waals surface area contributed by atoms with Crippen molar-refractivity contribution in [2.45, 2.75) is 20.0 Å². The second-order valence-electron chi connectivity index (χ2n) is 6.75. The van der Waals surface area contributed by atoms with Crippen molar-refractivity contribution < 1.29 is 14.0 Å². The Morgan fingerprint density at radius 1 is 1.10 bits per heavy atom. The standard InChI is InChI=1S/C22H26ClN5O3/c1-15-4-5-17(19(12-15)30-11-10-29-3)13-25-22(24-2)26-14-20-27-21(28-31-20)16-6-8-18(23)9-7-16/h4-9,12H,10-11,13-14H2,1-3H3,(H2,24,25,26). The van der Waals surface area contributed by atoms with Crippen LogP contribution in [0, 0.1) is 6.92 Å². The van der Waals surface area contributed by atoms with Gasteiger partial charge in [-0.05, 0) is 42.8 Å². The lowest BCUT2D eigenvalue weighted by Crippen LogP contribution is -2.36. The number of halogens is 1. The highest BCUT2D eigenvalue weighted by atomic mass is 35.5. The number of nitrogens with zero attached hydrogens (tertiary/aromatic N) is 3. The third-order valence-corrected chi connectivity index (χ3v) is 4.67. The number of aromatic nitrogens is 2. The third-order valence-electron chi connectivity index (χ3n) is 4.42. The van der Waals surface area contributed by atoms with Crippen molar-refractivity contribution in [3.05, 3.63) is 64.5 Å². The number of rotatable bonds is 9. The average molecular weight is 444 g/mol. The Morgan fingerprint density at radius 2 is 1.87 bits per heavy atom. The molecule has 2 aromatic carbocycles. The van der Waals surface area contributed by atoms with Gasteiger partial charge in [-0.15, -0.1) is 0 Å². The van der Waals surface area contributed by atoms with Crippen molar-refractivity contribution in [2.75, 3.05) is 27.4 Å². The molecule has 1 aromatic heterocycles. The fourth-order valence-electron chi connectivity index (χ4n) is 2.78. The van der Waals surface area contributed by atoms with Crippen molar-refractivity contribution in [1.29, 1.82) is 0 Å². The van der Waals surface area contributed by atoms with Gasteiger partial charge in [-0.3, -0.25) is 4.99 Å². The summed E-state index contributed by atoms with van der Waals surface area (Å²) in [6.07, 6.45) is 0. The highest BCUT2D eigenvalue weighted by Crippen LogP contribution is 2.20. The molecule has 0 amide bonds. The number of benzene rings is 2. The van der Waals surface area contributed by atoms with Crippen LogP contribution in [0.4, 0.5) is 0 Å². The first-order valence-corrected chi connectivity index (χ1v) is 10.2. The molecule has 3 rings (SSSR count). The van der Waals surface area contributed by atoms with Crippen LogP contribution in [0.25, 0.3) is 11.4 Å². The summed E-state index contributed by atoms with van der Waals surface area (Å²) >= 11 is 5.92. The predicted molar refractivity (Wildman–Crippen MR) is 120 cm³/mol. The summed E-state index contributed by atoms with van der Waals surface area (Å²) in [5, 5.41) is 11.1. The lowest BCUT2D eigenvalue weighted by molar-refractivity contribution is 0.145. The van der Waals surface area contributed by atoms with Gasteiger partial charge in [0, 0.05) is 36.9 Å². The summed E-state index contributed by atoms with van der Waals surface area (Å²) in [5.74, 6) is 2.39. The Hall–Kier alpha value is -3.10. The molecule has 0 unspecified atom stereocenters. The molecule has 0 aliphatic rings. The largest absolute Gasteiger partial charge is 0.491 e. The van der Waals surface area contributed by atoms with Gasteiger partial charge in [-0.25, -0.2) is 0 Å². The van der Waals surface area contributed by atoms with E-state index in [1.807, 2.05) is 37.3 Å². The normalized spacial score (nSPS) is 11.4. The van der Waals surface area contributed by atoms with Crippen molar-refractivity contribution in [3.63, 3.8) is 0 Å². The summed E-state index contributed by atoms with van der Waals surface area (Å²) < 4.78 is 16.2. The van der Waals surface area contributed by atoms with Crippen LogP contribution in [0.3, 0.4) is 0 Å². The number of ether oxygens (including phenoxy) is 2. The van der Waals surface area contributed by atoms with E-state index in [9.17, 15) is 0 Å². The molecule has 0 aliphatic heterocycles. The first kappa shape index (κ1) is 22.6. The van der Waals surface area contributed by atoms with Crippen LogP contribution >= 0.6 is 11.6 Å². The monoisotopic (exact) mass is 443 g/mol. The van der Waals surface area contributed by atoms with E-state index in [1.165, 1.54) is 0 Å². The summed E-state index contributed by atoms with van der Waals surface area (Å²) in [6, 6.07) is 13.4. The topological polar surface area (TPSA) is 93.8 Å². The zero-order valence-corrected chi connectivity index (χ0v) is 18.6. The van der Waals surface area contributed by atoms with Crippen molar-refractivity contribution in [1.82, 2.24) is 20.8 Å². The van der Waals surface area contributed by atoms with Crippen LogP contribution in [0.1, 0.15) is 17.0 Å². The second-order valence-corrected chi connectivity index (χ2v) is 7.19. The van der Waals surface area contributed by atoms with E-state index in [1.54, 1.807) is 26.3 Å². The number of methoxy groups -OCH3 is 1. The van der Waals surface area contributed by atoms with Crippen LogP contribution in [0.15, 0.2) is 52.0 Å². The molecule has 0 saturated carbocycles. The number of hydrogen-bond acceptors (Lipinski definition) is 6. The molecule has 0 saturated heterocycles. The predicted octanol–water partition coefficient (Wildman–Crippen LogP) is 3.59. The Morgan fingerprint density at radius 3 is 2.61 bits per heavy atom. The van der Waals surface area contributed by atoms with E-state index < -0.39 is 0 Å². The first-order chi connectivity index (χ1) is 15.1. The van der Waals surface area contributed by atoms with E-state index in [0.717, 1.165) is 22.4 Å². The SMILES string of the molecule is CN=C(NCc1nc(-c2ccc(Cl)cc2)no1)NCc1ccc(C)cc1OCCOC. The van der Waals surface area contributed by atoms with Gasteiger partial charge in [0.15, 0.2) is 5.96 Å². The van der Waals surface area contributed by atoms with Crippen LogP contribution < -0.4 is 15.4 Å². The van der Waals surface area contributed by atoms with Gasteiger partial charge < -0.3 is 24.6 Å². The third kappa shape index (κ3) is 6.70. The van der Waals surface area contributed by atoms with Gasteiger partial charge in [-0.1, -0.05) is 28.9 Å². The molecular formula is C22H26ClN5O3. The summed E-state index contributed by atoms with van der Waals surface area (Å²) in [6.45, 7) is 3.94. The molecule has 0 aliphatic carbocycles. The molecule has 0 atom stereocenters. The molecule has 0 radical (unpaired) electrons. The molecule has 0 fully saturated rings. The Bertz CT molecular complexity index is 1000. The lowest BCUT2D eigenvalue weighted by Gasteiger charge is -2.15.